The van der Waals surface area contributed by atoms with Gasteiger partial charge in [-0.3, -0.25) is 19.5 Å². The van der Waals surface area contributed by atoms with Gasteiger partial charge in [0.1, 0.15) is 29.0 Å². The predicted molar refractivity (Wildman–Crippen MR) is 223 cm³/mol. The number of hydrogen-bond donors (Lipinski definition) is 4. The highest BCUT2D eigenvalue weighted by Gasteiger charge is 2.58. The molecule has 3 heterocycles. The molecule has 23 heteroatoms. The number of carbonyl (C=O) groups excluding carboxylic acids is 6. The van der Waals surface area contributed by atoms with E-state index in [0.717, 1.165) is 16.2 Å². The van der Waals surface area contributed by atoms with E-state index in [-0.39, 0.29) is 41.1 Å². The fraction of sp³-hybridized carbons (Fsp3) is 0.450. The number of esters is 1. The number of cyclic esters (lactones) is 1. The lowest BCUT2D eigenvalue weighted by atomic mass is 9.97. The van der Waals surface area contributed by atoms with Gasteiger partial charge in [0.2, 0.25) is 5.60 Å². The highest BCUT2D eigenvalue weighted by molar-refractivity contribution is 7.84. The van der Waals surface area contributed by atoms with Crippen molar-refractivity contribution in [1.82, 2.24) is 24.8 Å². The number of rotatable bonds is 15. The molecule has 0 bridgehead atoms. The van der Waals surface area contributed by atoms with Gasteiger partial charge in [-0.15, -0.1) is 11.3 Å². The molecule has 63 heavy (non-hydrogen) atoms. The van der Waals surface area contributed by atoms with E-state index in [1.54, 1.807) is 90.1 Å². The summed E-state index contributed by atoms with van der Waals surface area (Å²) in [5.74, 6) is -3.20. The van der Waals surface area contributed by atoms with Crippen molar-refractivity contribution in [2.75, 3.05) is 25.0 Å². The lowest BCUT2D eigenvalue weighted by molar-refractivity contribution is -0.164. The van der Waals surface area contributed by atoms with Crippen LogP contribution in [-0.4, -0.2) is 124 Å². The third-order valence-electron chi connectivity index (χ3n) is 9.32. The van der Waals surface area contributed by atoms with Crippen molar-refractivity contribution < 1.29 is 65.5 Å². The van der Waals surface area contributed by atoms with Gasteiger partial charge in [0.25, 0.3) is 11.8 Å². The van der Waals surface area contributed by atoms with Crippen molar-refractivity contribution >= 4 is 68.5 Å². The number of aromatic nitrogens is 1. The Morgan fingerprint density at radius 2 is 1.54 bits per heavy atom. The minimum atomic E-state index is -5.21. The third kappa shape index (κ3) is 11.8. The van der Waals surface area contributed by atoms with Crippen molar-refractivity contribution in [1.29, 1.82) is 0 Å². The average Bonchev–Trinajstić information content (AvgIpc) is 3.71. The van der Waals surface area contributed by atoms with Crippen LogP contribution in [0.4, 0.5) is 19.5 Å². The molecule has 0 unspecified atom stereocenters. The molecule has 0 spiro atoms. The molecule has 3 aliphatic rings. The topological polar surface area (TPSA) is 271 Å². The quantitative estimate of drug-likeness (QED) is 0.0420. The highest BCUT2D eigenvalue weighted by Crippen LogP contribution is 2.43. The van der Waals surface area contributed by atoms with E-state index in [4.69, 9.17) is 23.8 Å². The lowest BCUT2D eigenvalue weighted by Crippen LogP contribution is -2.74. The van der Waals surface area contributed by atoms with Gasteiger partial charge in [0, 0.05) is 24.8 Å². The SMILES string of the molecule is CC(C)(C)OC(=O)NC[C@@H]1CN(C[C@@H]2[C@H](NC(=O)/C(=N/OC3(C(=O)OC(c4ccccc4)c4ccccc4)CC3)c3csc(NC(=O)OC(C)(C)C)n3)C(=O)N2S(=O)(=O)O)C(=O)O1. The van der Waals surface area contributed by atoms with Crippen molar-refractivity contribution in [3.8, 4) is 0 Å². The molecule has 1 aliphatic carbocycles. The largest absolute Gasteiger partial charge is 0.450 e. The first kappa shape index (κ1) is 46.2. The van der Waals surface area contributed by atoms with Gasteiger partial charge >= 0.3 is 34.6 Å². The van der Waals surface area contributed by atoms with Crippen LogP contribution in [0.1, 0.15) is 77.3 Å². The zero-order valence-corrected chi connectivity index (χ0v) is 36.7. The van der Waals surface area contributed by atoms with Crippen molar-refractivity contribution in [3.63, 3.8) is 0 Å². The van der Waals surface area contributed by atoms with Gasteiger partial charge in [-0.2, -0.15) is 8.42 Å². The predicted octanol–water partition coefficient (Wildman–Crippen LogP) is 3.92. The summed E-state index contributed by atoms with van der Waals surface area (Å²) in [4.78, 5) is 89.9. The molecule has 338 valence electrons. The second kappa shape index (κ2) is 18.2. The van der Waals surface area contributed by atoms with E-state index in [2.05, 4.69) is 26.1 Å². The molecule has 3 aromatic rings. The monoisotopic (exact) mass is 913 g/mol. The van der Waals surface area contributed by atoms with Crippen LogP contribution in [0.3, 0.4) is 0 Å². The number of hydrogen-bond acceptors (Lipinski definition) is 16. The van der Waals surface area contributed by atoms with Crippen LogP contribution in [0, 0.1) is 0 Å². The summed E-state index contributed by atoms with van der Waals surface area (Å²) in [7, 11) is -5.21. The molecule has 6 rings (SSSR count). The van der Waals surface area contributed by atoms with Gasteiger partial charge in [-0.05, 0) is 52.7 Å². The maximum absolute atomic E-state index is 14.1. The molecule has 1 saturated carbocycles. The number of nitrogens with one attached hydrogen (secondary N) is 3. The van der Waals surface area contributed by atoms with Gasteiger partial charge < -0.3 is 39.3 Å². The van der Waals surface area contributed by atoms with Gasteiger partial charge in [-0.1, -0.05) is 65.8 Å². The van der Waals surface area contributed by atoms with Crippen LogP contribution < -0.4 is 16.0 Å². The van der Waals surface area contributed by atoms with Crippen LogP contribution >= 0.6 is 11.3 Å². The Bertz CT molecular complexity index is 2320. The molecule has 0 radical (unpaired) electrons. The van der Waals surface area contributed by atoms with Gasteiger partial charge in [0.15, 0.2) is 16.9 Å². The van der Waals surface area contributed by atoms with E-state index < -0.39 is 99.7 Å². The summed E-state index contributed by atoms with van der Waals surface area (Å²) in [6.07, 6.45) is -4.00. The number of oxime groups is 1. The highest BCUT2D eigenvalue weighted by atomic mass is 32.2. The Morgan fingerprint density at radius 3 is 2.10 bits per heavy atom. The normalized spacial score (nSPS) is 19.7. The average molecular weight is 914 g/mol. The van der Waals surface area contributed by atoms with Crippen LogP contribution in [-0.2, 0) is 48.5 Å². The number of ether oxygens (including phenoxy) is 4. The first-order chi connectivity index (χ1) is 29.5. The van der Waals surface area contributed by atoms with Crippen molar-refractivity contribution in [3.05, 3.63) is 82.9 Å². The van der Waals surface area contributed by atoms with Gasteiger partial charge in [-0.25, -0.2) is 28.5 Å². The smallest absolute Gasteiger partial charge is 0.413 e. The number of nitrogens with zero attached hydrogens (tertiary/aromatic N) is 4. The zero-order valence-electron chi connectivity index (χ0n) is 35.1. The maximum atomic E-state index is 14.1. The first-order valence-electron chi connectivity index (χ1n) is 19.6. The van der Waals surface area contributed by atoms with E-state index in [1.807, 2.05) is 12.1 Å². The Morgan fingerprint density at radius 1 is 0.952 bits per heavy atom. The Kier molecular flexibility index (Phi) is 13.3. The Hall–Kier alpha value is -6.33. The van der Waals surface area contributed by atoms with E-state index in [1.165, 1.54) is 5.38 Å². The number of thiazole rings is 1. The Labute approximate surface area is 366 Å². The molecule has 2 aliphatic heterocycles. The molecule has 3 atom stereocenters. The maximum Gasteiger partial charge on any atom is 0.413 e. The number of β-lactam (4-membered cyclic amide) rings is 1. The molecule has 4 N–H and O–H groups in total. The number of amides is 5. The summed E-state index contributed by atoms with van der Waals surface area (Å²) in [6.45, 7) is 9.04. The molecule has 2 aromatic carbocycles. The van der Waals surface area contributed by atoms with E-state index >= 15 is 0 Å². The van der Waals surface area contributed by atoms with Crippen LogP contribution in [0.2, 0.25) is 0 Å². The lowest BCUT2D eigenvalue weighted by Gasteiger charge is -2.45. The molecular formula is C40H47N7O14S2. The minimum absolute atomic E-state index is 0.0349. The zero-order chi connectivity index (χ0) is 45.9. The number of anilines is 1. The van der Waals surface area contributed by atoms with Crippen LogP contribution in [0.5, 0.6) is 0 Å². The second-order valence-corrected chi connectivity index (χ2v) is 18.9. The summed E-state index contributed by atoms with van der Waals surface area (Å²) in [5, 5.41) is 12.6. The van der Waals surface area contributed by atoms with Crippen molar-refractivity contribution in [2.45, 2.75) is 95.5 Å². The first-order valence-corrected chi connectivity index (χ1v) is 21.9. The minimum Gasteiger partial charge on any atom is -0.450 e. The summed E-state index contributed by atoms with van der Waals surface area (Å²) in [5.41, 5.74) is -2.73. The summed E-state index contributed by atoms with van der Waals surface area (Å²) >= 11 is 0.871. The van der Waals surface area contributed by atoms with E-state index in [0.29, 0.717) is 11.1 Å². The second-order valence-electron chi connectivity index (χ2n) is 16.7. The number of benzene rings is 2. The van der Waals surface area contributed by atoms with E-state index in [9.17, 15) is 41.7 Å². The fourth-order valence-corrected chi connectivity index (χ4v) is 7.88. The summed E-state index contributed by atoms with van der Waals surface area (Å²) < 4.78 is 56.6. The summed E-state index contributed by atoms with van der Waals surface area (Å²) in [6, 6.07) is 14.8. The van der Waals surface area contributed by atoms with Crippen LogP contribution in [0.25, 0.3) is 0 Å². The molecular weight excluding hydrogens is 867 g/mol. The number of carbonyl (C=O) groups is 6. The fourth-order valence-electron chi connectivity index (χ4n) is 6.33. The standard InChI is InChI=1S/C40H47N7O14S2/c1-38(2,3)59-35(51)41-19-25-20-46(37(53)57-25)21-27-29(32(49)47(27)63(54,55)56)43-31(48)28(26-22-62-34(42-26)44-36(52)60-39(4,5)6)45-61-40(17-18-40)33(50)58-30(23-13-9-7-10-14-23)24-15-11-8-12-16-24/h7-16,22,25,27,29-30H,17-21H2,1-6H3,(H,41,51)(H,43,48)(H,42,44,52)(H,54,55,56)/b45-28+/t25-,27-,29+/m1/s1. The molecule has 5 amide bonds. The third-order valence-corrected chi connectivity index (χ3v) is 11.0. The van der Waals surface area contributed by atoms with Crippen LogP contribution in [0.15, 0.2) is 71.2 Å². The molecule has 1 aromatic heterocycles. The Balaban J connectivity index is 1.23. The molecule has 21 nitrogen and oxygen atoms in total. The van der Waals surface area contributed by atoms with Crippen molar-refractivity contribution in [2.24, 2.45) is 5.16 Å². The molecule has 2 saturated heterocycles. The van der Waals surface area contributed by atoms with Gasteiger partial charge in [0.05, 0.1) is 19.1 Å². The number of alkyl carbamates (subject to hydrolysis) is 1. The molecule has 3 fully saturated rings.